The fraction of sp³-hybridized carbons (Fsp3) is 0.318. The maximum atomic E-state index is 12.3. The lowest BCUT2D eigenvalue weighted by Gasteiger charge is -2.19. The molecule has 31 heavy (non-hydrogen) atoms. The molecule has 0 aromatic heterocycles. The molecule has 3 amide bonds. The molecule has 9 heteroatoms. The summed E-state index contributed by atoms with van der Waals surface area (Å²) in [6.45, 7) is 4.46. The van der Waals surface area contributed by atoms with E-state index in [1.165, 1.54) is 6.92 Å². The number of hydrogen-bond donors (Lipinski definition) is 3. The molecule has 0 fully saturated rings. The average molecular weight is 465 g/mol. The van der Waals surface area contributed by atoms with Gasteiger partial charge in [-0.15, -0.1) is 0 Å². The SMILES string of the molecule is CCN(CC(=O)NCCc1cccc(Cl)c1Cl)CC(=O)Nc1ccc(NC(C)=O)cc1. The van der Waals surface area contributed by atoms with Crippen LogP contribution in [0.2, 0.25) is 10.0 Å². The molecule has 2 aromatic rings. The predicted molar refractivity (Wildman–Crippen MR) is 125 cm³/mol. The van der Waals surface area contributed by atoms with E-state index in [4.69, 9.17) is 23.2 Å². The Labute approximate surface area is 192 Å². The summed E-state index contributed by atoms with van der Waals surface area (Å²) in [7, 11) is 0. The lowest BCUT2D eigenvalue weighted by molar-refractivity contribution is -0.123. The van der Waals surface area contributed by atoms with Crippen LogP contribution < -0.4 is 16.0 Å². The highest BCUT2D eigenvalue weighted by Crippen LogP contribution is 2.25. The molecule has 0 aliphatic rings. The molecule has 0 spiro atoms. The van der Waals surface area contributed by atoms with Crippen molar-refractivity contribution in [2.75, 3.05) is 36.8 Å². The zero-order valence-electron chi connectivity index (χ0n) is 17.5. The normalized spacial score (nSPS) is 10.6. The first kappa shape index (κ1) is 24.7. The number of anilines is 2. The molecular formula is C22H26Cl2N4O3. The van der Waals surface area contributed by atoms with Crippen molar-refractivity contribution in [1.82, 2.24) is 10.2 Å². The number of rotatable bonds is 10. The van der Waals surface area contributed by atoms with E-state index in [1.807, 2.05) is 19.1 Å². The second-order valence-corrected chi connectivity index (χ2v) is 7.71. The van der Waals surface area contributed by atoms with Gasteiger partial charge in [0, 0.05) is 24.8 Å². The summed E-state index contributed by atoms with van der Waals surface area (Å²) >= 11 is 12.2. The Morgan fingerprint density at radius 1 is 0.903 bits per heavy atom. The van der Waals surface area contributed by atoms with Crippen LogP contribution in [0.1, 0.15) is 19.4 Å². The van der Waals surface area contributed by atoms with Gasteiger partial charge in [-0.2, -0.15) is 0 Å². The van der Waals surface area contributed by atoms with E-state index in [0.29, 0.717) is 40.9 Å². The summed E-state index contributed by atoms with van der Waals surface area (Å²) in [6.07, 6.45) is 0.562. The van der Waals surface area contributed by atoms with Crippen LogP contribution in [-0.2, 0) is 20.8 Å². The van der Waals surface area contributed by atoms with Gasteiger partial charge in [-0.25, -0.2) is 0 Å². The first-order valence-corrected chi connectivity index (χ1v) is 10.6. The van der Waals surface area contributed by atoms with E-state index in [0.717, 1.165) is 5.56 Å². The van der Waals surface area contributed by atoms with Gasteiger partial charge in [-0.05, 0) is 48.9 Å². The zero-order valence-corrected chi connectivity index (χ0v) is 19.0. The molecule has 0 bridgehead atoms. The third kappa shape index (κ3) is 8.57. The number of hydrogen-bond acceptors (Lipinski definition) is 4. The second kappa shape index (κ2) is 12.3. The van der Waals surface area contributed by atoms with Crippen molar-refractivity contribution in [2.45, 2.75) is 20.3 Å². The number of benzene rings is 2. The van der Waals surface area contributed by atoms with Crippen LogP contribution in [0.4, 0.5) is 11.4 Å². The van der Waals surface area contributed by atoms with Gasteiger partial charge in [-0.1, -0.05) is 42.3 Å². The number of nitrogens with one attached hydrogen (secondary N) is 3. The summed E-state index contributed by atoms with van der Waals surface area (Å²) < 4.78 is 0. The standard InChI is InChI=1S/C22H26Cl2N4O3/c1-3-28(13-20(30)25-12-11-16-5-4-6-19(23)22(16)24)14-21(31)27-18-9-7-17(8-10-18)26-15(2)29/h4-10H,3,11-14H2,1-2H3,(H,25,30)(H,26,29)(H,27,31). The summed E-state index contributed by atoms with van der Waals surface area (Å²) in [5.41, 5.74) is 2.13. The fourth-order valence-electron chi connectivity index (χ4n) is 2.86. The van der Waals surface area contributed by atoms with Gasteiger partial charge in [0.25, 0.3) is 0 Å². The van der Waals surface area contributed by atoms with Gasteiger partial charge in [0.15, 0.2) is 0 Å². The van der Waals surface area contributed by atoms with E-state index < -0.39 is 0 Å². The average Bonchev–Trinajstić information content (AvgIpc) is 2.71. The second-order valence-electron chi connectivity index (χ2n) is 6.92. The van der Waals surface area contributed by atoms with Gasteiger partial charge in [0.1, 0.15) is 0 Å². The highest BCUT2D eigenvalue weighted by atomic mass is 35.5. The Kier molecular flexibility index (Phi) is 9.78. The third-order valence-corrected chi connectivity index (χ3v) is 5.28. The van der Waals surface area contributed by atoms with Crippen molar-refractivity contribution in [3.63, 3.8) is 0 Å². The van der Waals surface area contributed by atoms with Crippen molar-refractivity contribution < 1.29 is 14.4 Å². The predicted octanol–water partition coefficient (Wildman–Crippen LogP) is 3.57. The van der Waals surface area contributed by atoms with Gasteiger partial charge < -0.3 is 16.0 Å². The summed E-state index contributed by atoms with van der Waals surface area (Å²) in [6, 6.07) is 12.2. The Balaban J connectivity index is 1.77. The maximum absolute atomic E-state index is 12.3. The monoisotopic (exact) mass is 464 g/mol. The Bertz CT molecular complexity index is 919. The van der Waals surface area contributed by atoms with Crippen LogP contribution in [-0.4, -0.2) is 48.8 Å². The minimum Gasteiger partial charge on any atom is -0.355 e. The zero-order chi connectivity index (χ0) is 22.8. The first-order valence-electron chi connectivity index (χ1n) is 9.88. The molecule has 0 radical (unpaired) electrons. The van der Waals surface area contributed by atoms with Crippen molar-refractivity contribution in [3.05, 3.63) is 58.1 Å². The Morgan fingerprint density at radius 2 is 1.52 bits per heavy atom. The summed E-state index contributed by atoms with van der Waals surface area (Å²) in [4.78, 5) is 37.3. The molecule has 166 valence electrons. The molecule has 0 aliphatic carbocycles. The van der Waals surface area contributed by atoms with Crippen molar-refractivity contribution in [1.29, 1.82) is 0 Å². The lowest BCUT2D eigenvalue weighted by Crippen LogP contribution is -2.41. The van der Waals surface area contributed by atoms with Gasteiger partial charge in [0.2, 0.25) is 17.7 Å². The number of amides is 3. The molecule has 0 unspecified atom stereocenters. The van der Waals surface area contributed by atoms with E-state index in [-0.39, 0.29) is 30.8 Å². The molecule has 0 atom stereocenters. The van der Waals surface area contributed by atoms with Gasteiger partial charge in [0.05, 0.1) is 23.1 Å². The molecule has 0 heterocycles. The Hall–Kier alpha value is -2.61. The van der Waals surface area contributed by atoms with Crippen molar-refractivity contribution in [2.24, 2.45) is 0 Å². The highest BCUT2D eigenvalue weighted by Gasteiger charge is 2.13. The van der Waals surface area contributed by atoms with Crippen LogP contribution in [0, 0.1) is 0 Å². The van der Waals surface area contributed by atoms with Crippen LogP contribution in [0.5, 0.6) is 0 Å². The summed E-state index contributed by atoms with van der Waals surface area (Å²) in [5, 5.41) is 9.27. The molecule has 0 saturated carbocycles. The molecule has 3 N–H and O–H groups in total. The van der Waals surface area contributed by atoms with Crippen molar-refractivity contribution in [3.8, 4) is 0 Å². The number of nitrogens with zero attached hydrogens (tertiary/aromatic N) is 1. The van der Waals surface area contributed by atoms with Gasteiger partial charge >= 0.3 is 0 Å². The van der Waals surface area contributed by atoms with E-state index >= 15 is 0 Å². The molecule has 2 rings (SSSR count). The molecular weight excluding hydrogens is 439 g/mol. The fourth-order valence-corrected chi connectivity index (χ4v) is 3.27. The lowest BCUT2D eigenvalue weighted by atomic mass is 10.1. The largest absolute Gasteiger partial charge is 0.355 e. The molecule has 0 saturated heterocycles. The number of carbonyl (C=O) groups is 3. The van der Waals surface area contributed by atoms with Crippen LogP contribution in [0.25, 0.3) is 0 Å². The van der Waals surface area contributed by atoms with Crippen LogP contribution >= 0.6 is 23.2 Å². The molecule has 7 nitrogen and oxygen atoms in total. The van der Waals surface area contributed by atoms with E-state index in [9.17, 15) is 14.4 Å². The molecule has 0 aliphatic heterocycles. The van der Waals surface area contributed by atoms with E-state index in [1.54, 1.807) is 35.2 Å². The quantitative estimate of drug-likeness (QED) is 0.501. The summed E-state index contributed by atoms with van der Waals surface area (Å²) in [5.74, 6) is -0.565. The third-order valence-electron chi connectivity index (χ3n) is 4.42. The molecule has 2 aromatic carbocycles. The number of likely N-dealkylation sites (N-methyl/N-ethyl adjacent to an activating group) is 1. The Morgan fingerprint density at radius 3 is 2.13 bits per heavy atom. The first-order chi connectivity index (χ1) is 14.8. The highest BCUT2D eigenvalue weighted by molar-refractivity contribution is 6.42. The minimum absolute atomic E-state index is 0.0808. The van der Waals surface area contributed by atoms with E-state index in [2.05, 4.69) is 16.0 Å². The van der Waals surface area contributed by atoms with Crippen LogP contribution in [0.15, 0.2) is 42.5 Å². The number of carbonyl (C=O) groups excluding carboxylic acids is 3. The van der Waals surface area contributed by atoms with Gasteiger partial charge in [-0.3, -0.25) is 19.3 Å². The maximum Gasteiger partial charge on any atom is 0.238 e. The van der Waals surface area contributed by atoms with Crippen molar-refractivity contribution >= 4 is 52.3 Å². The van der Waals surface area contributed by atoms with Crippen LogP contribution in [0.3, 0.4) is 0 Å². The minimum atomic E-state index is -0.229. The smallest absolute Gasteiger partial charge is 0.238 e. The number of halogens is 2. The topological polar surface area (TPSA) is 90.5 Å².